The van der Waals surface area contributed by atoms with Gasteiger partial charge in [0.05, 0.1) is 12.3 Å². The van der Waals surface area contributed by atoms with Crippen molar-refractivity contribution < 1.29 is 4.74 Å². The molecule has 0 bridgehead atoms. The van der Waals surface area contributed by atoms with Gasteiger partial charge in [-0.05, 0) is 43.7 Å². The Morgan fingerprint density at radius 1 is 1.18 bits per heavy atom. The number of H-pyrrole nitrogens is 1. The van der Waals surface area contributed by atoms with E-state index in [9.17, 15) is 0 Å². The third-order valence-electron chi connectivity index (χ3n) is 5.16. The molecule has 2 heterocycles. The first kappa shape index (κ1) is 13.8. The Morgan fingerprint density at radius 2 is 1.91 bits per heavy atom. The Hall–Kier alpha value is -1.81. The Labute approximate surface area is 131 Å². The van der Waals surface area contributed by atoms with E-state index in [-0.39, 0.29) is 0 Å². The molecule has 1 aliphatic carbocycles. The SMILES string of the molecule is Cc1[nH]ncc1CN1C[C@H]2CC(Oc3ccccc3)C[C@H]2C1. The van der Waals surface area contributed by atoms with Gasteiger partial charge in [-0.2, -0.15) is 5.10 Å². The number of aromatic amines is 1. The maximum atomic E-state index is 6.14. The predicted octanol–water partition coefficient (Wildman–Crippen LogP) is 3.01. The normalized spacial score (nSPS) is 28.0. The maximum absolute atomic E-state index is 6.14. The van der Waals surface area contributed by atoms with Crippen LogP contribution in [-0.4, -0.2) is 34.3 Å². The van der Waals surface area contributed by atoms with Crippen LogP contribution in [0.4, 0.5) is 0 Å². The summed E-state index contributed by atoms with van der Waals surface area (Å²) in [6.45, 7) is 5.52. The van der Waals surface area contributed by atoms with Gasteiger partial charge in [0.2, 0.25) is 0 Å². The van der Waals surface area contributed by atoms with Gasteiger partial charge >= 0.3 is 0 Å². The number of para-hydroxylation sites is 1. The first-order valence-electron chi connectivity index (χ1n) is 8.21. The van der Waals surface area contributed by atoms with E-state index in [1.54, 1.807) is 0 Å². The zero-order valence-corrected chi connectivity index (χ0v) is 13.0. The lowest BCUT2D eigenvalue weighted by Gasteiger charge is -2.19. The molecule has 0 amide bonds. The van der Waals surface area contributed by atoms with Crippen LogP contribution < -0.4 is 4.74 Å². The van der Waals surface area contributed by atoms with Crippen molar-refractivity contribution in [3.8, 4) is 5.75 Å². The topological polar surface area (TPSA) is 41.2 Å². The van der Waals surface area contributed by atoms with Crippen molar-refractivity contribution in [3.05, 3.63) is 47.8 Å². The molecule has 1 unspecified atom stereocenters. The number of nitrogens with one attached hydrogen (secondary N) is 1. The minimum Gasteiger partial charge on any atom is -0.490 e. The van der Waals surface area contributed by atoms with E-state index in [0.29, 0.717) is 6.10 Å². The van der Waals surface area contributed by atoms with Crippen molar-refractivity contribution in [1.82, 2.24) is 15.1 Å². The standard InChI is InChI=1S/C18H23N3O/c1-13-16(9-19-20-13)12-21-10-14-7-18(8-15(14)11-21)22-17-5-3-2-4-6-17/h2-6,9,14-15,18H,7-8,10-12H2,1H3,(H,19,20)/t14-,15+,18?. The average Bonchev–Trinajstić information content (AvgIpc) is 3.16. The van der Waals surface area contributed by atoms with Crippen molar-refractivity contribution >= 4 is 0 Å². The van der Waals surface area contributed by atoms with Gasteiger partial charge in [0.1, 0.15) is 5.75 Å². The number of nitrogens with zero attached hydrogens (tertiary/aromatic N) is 2. The van der Waals surface area contributed by atoms with Crippen LogP contribution in [0, 0.1) is 18.8 Å². The molecule has 4 nitrogen and oxygen atoms in total. The minimum atomic E-state index is 0.398. The Bertz CT molecular complexity index is 610. The van der Waals surface area contributed by atoms with Gasteiger partial charge in [0.25, 0.3) is 0 Å². The molecule has 4 heteroatoms. The summed E-state index contributed by atoms with van der Waals surface area (Å²) in [5.41, 5.74) is 2.53. The van der Waals surface area contributed by atoms with E-state index in [2.05, 4.69) is 34.2 Å². The molecule has 0 spiro atoms. The van der Waals surface area contributed by atoms with E-state index < -0.39 is 0 Å². The van der Waals surface area contributed by atoms with Gasteiger partial charge in [-0.25, -0.2) is 0 Å². The highest BCUT2D eigenvalue weighted by molar-refractivity contribution is 5.21. The number of rotatable bonds is 4. The lowest BCUT2D eigenvalue weighted by atomic mass is 10.0. The zero-order chi connectivity index (χ0) is 14.9. The van der Waals surface area contributed by atoms with Crippen LogP contribution in [0.25, 0.3) is 0 Å². The second-order valence-electron chi connectivity index (χ2n) is 6.76. The van der Waals surface area contributed by atoms with E-state index in [0.717, 1.165) is 24.1 Å². The third kappa shape index (κ3) is 2.75. The fourth-order valence-corrected chi connectivity index (χ4v) is 4.03. The Kier molecular flexibility index (Phi) is 3.62. The maximum Gasteiger partial charge on any atom is 0.119 e. The van der Waals surface area contributed by atoms with Crippen LogP contribution in [0.5, 0.6) is 5.75 Å². The van der Waals surface area contributed by atoms with E-state index in [1.807, 2.05) is 24.4 Å². The molecule has 116 valence electrons. The molecule has 0 radical (unpaired) electrons. The van der Waals surface area contributed by atoms with Crippen LogP contribution in [0.2, 0.25) is 0 Å². The van der Waals surface area contributed by atoms with E-state index >= 15 is 0 Å². The summed E-state index contributed by atoms with van der Waals surface area (Å²) in [5, 5.41) is 7.15. The summed E-state index contributed by atoms with van der Waals surface area (Å²) in [6, 6.07) is 10.2. The van der Waals surface area contributed by atoms with Crippen molar-refractivity contribution in [1.29, 1.82) is 0 Å². The quantitative estimate of drug-likeness (QED) is 0.943. The Morgan fingerprint density at radius 3 is 2.55 bits per heavy atom. The van der Waals surface area contributed by atoms with E-state index in [1.165, 1.54) is 37.2 Å². The fraction of sp³-hybridized carbons (Fsp3) is 0.500. The van der Waals surface area contributed by atoms with Gasteiger partial charge < -0.3 is 4.74 Å². The molecular weight excluding hydrogens is 274 g/mol. The highest BCUT2D eigenvalue weighted by atomic mass is 16.5. The van der Waals surface area contributed by atoms with Gasteiger partial charge in [0.15, 0.2) is 0 Å². The highest BCUT2D eigenvalue weighted by Crippen LogP contribution is 2.40. The number of fused-ring (bicyclic) bond motifs is 1. The van der Waals surface area contributed by atoms with Crippen molar-refractivity contribution in [2.24, 2.45) is 11.8 Å². The van der Waals surface area contributed by atoms with Gasteiger partial charge in [-0.1, -0.05) is 18.2 Å². The first-order chi connectivity index (χ1) is 10.8. The monoisotopic (exact) mass is 297 g/mol. The summed E-state index contributed by atoms with van der Waals surface area (Å²) in [5.74, 6) is 2.60. The summed E-state index contributed by atoms with van der Waals surface area (Å²) in [6.07, 6.45) is 4.75. The van der Waals surface area contributed by atoms with E-state index in [4.69, 9.17) is 4.74 Å². The zero-order valence-electron chi connectivity index (χ0n) is 13.0. The van der Waals surface area contributed by atoms with Gasteiger partial charge in [0, 0.05) is 30.9 Å². The third-order valence-corrected chi connectivity index (χ3v) is 5.16. The summed E-state index contributed by atoms with van der Waals surface area (Å²) >= 11 is 0. The lowest BCUT2D eigenvalue weighted by Crippen LogP contribution is -2.24. The van der Waals surface area contributed by atoms with Crippen LogP contribution >= 0.6 is 0 Å². The summed E-state index contributed by atoms with van der Waals surface area (Å²) < 4.78 is 6.14. The van der Waals surface area contributed by atoms with Gasteiger partial charge in [-0.15, -0.1) is 0 Å². The van der Waals surface area contributed by atoms with Gasteiger partial charge in [-0.3, -0.25) is 10.00 Å². The average molecular weight is 297 g/mol. The molecule has 1 saturated carbocycles. The minimum absolute atomic E-state index is 0.398. The van der Waals surface area contributed by atoms with Crippen molar-refractivity contribution in [3.63, 3.8) is 0 Å². The molecule has 2 aromatic rings. The van der Waals surface area contributed by atoms with Crippen LogP contribution in [0.15, 0.2) is 36.5 Å². The van der Waals surface area contributed by atoms with Crippen LogP contribution in [0.1, 0.15) is 24.1 Å². The predicted molar refractivity (Wildman–Crippen MR) is 85.7 cm³/mol. The molecule has 1 N–H and O–H groups in total. The molecule has 4 rings (SSSR count). The highest BCUT2D eigenvalue weighted by Gasteiger charge is 2.41. The number of ether oxygens (including phenoxy) is 1. The number of hydrogen-bond donors (Lipinski definition) is 1. The Balaban J connectivity index is 1.32. The summed E-state index contributed by atoms with van der Waals surface area (Å²) in [4.78, 5) is 2.58. The molecule has 2 aliphatic rings. The fourth-order valence-electron chi connectivity index (χ4n) is 4.03. The molecule has 22 heavy (non-hydrogen) atoms. The lowest BCUT2D eigenvalue weighted by molar-refractivity contribution is 0.184. The number of aromatic nitrogens is 2. The van der Waals surface area contributed by atoms with Crippen LogP contribution in [0.3, 0.4) is 0 Å². The second kappa shape index (κ2) is 5.76. The van der Waals surface area contributed by atoms with Crippen molar-refractivity contribution in [2.45, 2.75) is 32.4 Å². The molecular formula is C18H23N3O. The summed E-state index contributed by atoms with van der Waals surface area (Å²) in [7, 11) is 0. The molecule has 1 aliphatic heterocycles. The molecule has 2 fully saturated rings. The molecule has 1 saturated heterocycles. The smallest absolute Gasteiger partial charge is 0.119 e. The first-order valence-corrected chi connectivity index (χ1v) is 8.21. The molecule has 1 aromatic heterocycles. The largest absolute Gasteiger partial charge is 0.490 e. The number of hydrogen-bond acceptors (Lipinski definition) is 3. The van der Waals surface area contributed by atoms with Crippen molar-refractivity contribution in [2.75, 3.05) is 13.1 Å². The number of benzene rings is 1. The number of likely N-dealkylation sites (tertiary alicyclic amines) is 1. The van der Waals surface area contributed by atoms with Crippen LogP contribution in [-0.2, 0) is 6.54 Å². The molecule has 1 aromatic carbocycles. The second-order valence-corrected chi connectivity index (χ2v) is 6.76. The number of aryl methyl sites for hydroxylation is 1. The molecule has 3 atom stereocenters.